The summed E-state index contributed by atoms with van der Waals surface area (Å²) < 4.78 is 6.95. The Bertz CT molecular complexity index is 433. The number of rotatable bonds is 8. The van der Waals surface area contributed by atoms with Crippen molar-refractivity contribution in [2.45, 2.75) is 45.8 Å². The molecule has 0 bridgehead atoms. The Balaban J connectivity index is 2.10. The maximum atomic E-state index is 5.80. The Morgan fingerprint density at radius 2 is 2.24 bits per heavy atom. The van der Waals surface area contributed by atoms with Gasteiger partial charge < -0.3 is 15.0 Å². The zero-order valence-electron chi connectivity index (χ0n) is 13.2. The highest BCUT2D eigenvalue weighted by molar-refractivity contribution is 9.10. The quantitative estimate of drug-likeness (QED) is 0.715. The highest BCUT2D eigenvalue weighted by Gasteiger charge is 2.20. The summed E-state index contributed by atoms with van der Waals surface area (Å²) in [5, 5.41) is 3.51. The molecule has 1 aromatic carbocycles. The second-order valence-electron chi connectivity index (χ2n) is 5.62. The Morgan fingerprint density at radius 1 is 1.38 bits per heavy atom. The minimum atomic E-state index is 0.394. The molecule has 1 fully saturated rings. The van der Waals surface area contributed by atoms with Crippen molar-refractivity contribution in [3.63, 3.8) is 0 Å². The van der Waals surface area contributed by atoms with E-state index in [0.717, 1.165) is 43.7 Å². The molecule has 0 spiro atoms. The molecule has 1 aromatic rings. The summed E-state index contributed by atoms with van der Waals surface area (Å²) in [6.45, 7) is 9.34. The van der Waals surface area contributed by atoms with Gasteiger partial charge in [0, 0.05) is 36.4 Å². The van der Waals surface area contributed by atoms with Crippen molar-refractivity contribution in [1.82, 2.24) is 5.32 Å². The van der Waals surface area contributed by atoms with E-state index < -0.39 is 0 Å². The topological polar surface area (TPSA) is 24.5 Å². The predicted octanol–water partition coefficient (Wildman–Crippen LogP) is 3.95. The number of halogens is 1. The summed E-state index contributed by atoms with van der Waals surface area (Å²) in [6, 6.07) is 6.60. The van der Waals surface area contributed by atoms with E-state index in [-0.39, 0.29) is 0 Å². The number of benzene rings is 1. The van der Waals surface area contributed by atoms with E-state index in [9.17, 15) is 0 Å². The van der Waals surface area contributed by atoms with E-state index in [1.165, 1.54) is 24.1 Å². The summed E-state index contributed by atoms with van der Waals surface area (Å²) >= 11 is 3.59. The summed E-state index contributed by atoms with van der Waals surface area (Å²) in [5.74, 6) is 0. The van der Waals surface area contributed by atoms with Crippen molar-refractivity contribution in [3.05, 3.63) is 28.2 Å². The number of ether oxygens (including phenoxy) is 1. The smallest absolute Gasteiger partial charge is 0.0750 e. The van der Waals surface area contributed by atoms with E-state index in [1.807, 2.05) is 0 Å². The first-order chi connectivity index (χ1) is 10.2. The van der Waals surface area contributed by atoms with Crippen LogP contribution in [0.5, 0.6) is 0 Å². The van der Waals surface area contributed by atoms with Gasteiger partial charge in [-0.3, -0.25) is 0 Å². The summed E-state index contributed by atoms with van der Waals surface area (Å²) in [4.78, 5) is 2.45. The van der Waals surface area contributed by atoms with E-state index in [2.05, 4.69) is 58.2 Å². The Labute approximate surface area is 137 Å². The Morgan fingerprint density at radius 3 is 2.90 bits per heavy atom. The van der Waals surface area contributed by atoms with Gasteiger partial charge in [-0.1, -0.05) is 22.9 Å². The monoisotopic (exact) mass is 354 g/mol. The first kappa shape index (κ1) is 16.8. The molecule has 1 heterocycles. The van der Waals surface area contributed by atoms with E-state index in [1.54, 1.807) is 0 Å². The van der Waals surface area contributed by atoms with Crippen molar-refractivity contribution in [3.8, 4) is 0 Å². The highest BCUT2D eigenvalue weighted by atomic mass is 79.9. The highest BCUT2D eigenvalue weighted by Crippen LogP contribution is 2.26. The second-order valence-corrected chi connectivity index (χ2v) is 6.54. The molecule has 0 saturated carbocycles. The van der Waals surface area contributed by atoms with Crippen molar-refractivity contribution in [2.75, 3.05) is 31.1 Å². The van der Waals surface area contributed by atoms with Gasteiger partial charge in [-0.2, -0.15) is 0 Å². The SMILES string of the molecule is CCCNCc1cc(Br)ccc1N(CC)CC1CCCO1. The number of anilines is 1. The number of hydrogen-bond donors (Lipinski definition) is 1. The maximum absolute atomic E-state index is 5.80. The zero-order chi connectivity index (χ0) is 15.1. The van der Waals surface area contributed by atoms with Gasteiger partial charge in [-0.25, -0.2) is 0 Å². The fraction of sp³-hybridized carbons (Fsp3) is 0.647. The number of likely N-dealkylation sites (N-methyl/N-ethyl adjacent to an activating group) is 1. The first-order valence-electron chi connectivity index (χ1n) is 8.10. The summed E-state index contributed by atoms with van der Waals surface area (Å²) in [7, 11) is 0. The number of nitrogens with zero attached hydrogens (tertiary/aromatic N) is 1. The second kappa shape index (κ2) is 8.76. The van der Waals surface area contributed by atoms with Crippen LogP contribution in [0.25, 0.3) is 0 Å². The van der Waals surface area contributed by atoms with Crippen LogP contribution in [0.4, 0.5) is 5.69 Å². The van der Waals surface area contributed by atoms with Gasteiger partial charge in [-0.15, -0.1) is 0 Å². The molecule has 1 unspecified atom stereocenters. The standard InChI is InChI=1S/C17H27BrN2O/c1-3-9-19-12-14-11-15(18)7-8-17(14)20(4-2)13-16-6-5-10-21-16/h7-8,11,16,19H,3-6,9-10,12-13H2,1-2H3. The third-order valence-corrected chi connectivity index (χ3v) is 4.45. The van der Waals surface area contributed by atoms with E-state index in [0.29, 0.717) is 6.10 Å². The van der Waals surface area contributed by atoms with Crippen molar-refractivity contribution in [2.24, 2.45) is 0 Å². The molecule has 0 aromatic heterocycles. The molecule has 3 nitrogen and oxygen atoms in total. The fourth-order valence-corrected chi connectivity index (χ4v) is 3.24. The lowest BCUT2D eigenvalue weighted by molar-refractivity contribution is 0.115. The number of nitrogens with one attached hydrogen (secondary N) is 1. The molecule has 118 valence electrons. The van der Waals surface area contributed by atoms with E-state index in [4.69, 9.17) is 4.74 Å². The minimum absolute atomic E-state index is 0.394. The number of hydrogen-bond acceptors (Lipinski definition) is 3. The zero-order valence-corrected chi connectivity index (χ0v) is 14.8. The lowest BCUT2D eigenvalue weighted by atomic mass is 10.1. The molecule has 21 heavy (non-hydrogen) atoms. The van der Waals surface area contributed by atoms with Gasteiger partial charge in [-0.05, 0) is 56.5 Å². The normalized spacial score (nSPS) is 18.1. The van der Waals surface area contributed by atoms with Crippen LogP contribution in [-0.2, 0) is 11.3 Å². The third-order valence-electron chi connectivity index (χ3n) is 3.95. The fourth-order valence-electron chi connectivity index (χ4n) is 2.84. The lowest BCUT2D eigenvalue weighted by Gasteiger charge is -2.28. The van der Waals surface area contributed by atoms with Crippen LogP contribution in [0.1, 0.15) is 38.7 Å². The molecule has 1 aliphatic heterocycles. The lowest BCUT2D eigenvalue weighted by Crippen LogP contribution is -2.33. The molecule has 4 heteroatoms. The molecule has 0 aliphatic carbocycles. The largest absolute Gasteiger partial charge is 0.376 e. The van der Waals surface area contributed by atoms with Gasteiger partial charge in [0.05, 0.1) is 6.10 Å². The molecular formula is C17H27BrN2O. The molecule has 1 aliphatic rings. The van der Waals surface area contributed by atoms with Crippen LogP contribution < -0.4 is 10.2 Å². The molecule has 1 saturated heterocycles. The van der Waals surface area contributed by atoms with Gasteiger partial charge in [0.1, 0.15) is 0 Å². The molecule has 0 radical (unpaired) electrons. The molecule has 0 amide bonds. The van der Waals surface area contributed by atoms with Crippen LogP contribution in [0, 0.1) is 0 Å². The van der Waals surface area contributed by atoms with Gasteiger partial charge in [0.2, 0.25) is 0 Å². The average Bonchev–Trinajstić information content (AvgIpc) is 2.99. The molecular weight excluding hydrogens is 328 g/mol. The van der Waals surface area contributed by atoms with Crippen LogP contribution in [0.2, 0.25) is 0 Å². The van der Waals surface area contributed by atoms with E-state index >= 15 is 0 Å². The van der Waals surface area contributed by atoms with Crippen molar-refractivity contribution < 1.29 is 4.74 Å². The van der Waals surface area contributed by atoms with Crippen LogP contribution >= 0.6 is 15.9 Å². The first-order valence-corrected chi connectivity index (χ1v) is 8.89. The van der Waals surface area contributed by atoms with Crippen molar-refractivity contribution >= 4 is 21.6 Å². The van der Waals surface area contributed by atoms with Gasteiger partial charge >= 0.3 is 0 Å². The molecule has 1 N–H and O–H groups in total. The van der Waals surface area contributed by atoms with Crippen LogP contribution in [0.15, 0.2) is 22.7 Å². The molecule has 1 atom stereocenters. The van der Waals surface area contributed by atoms with Crippen LogP contribution in [-0.4, -0.2) is 32.3 Å². The van der Waals surface area contributed by atoms with Gasteiger partial charge in [0.15, 0.2) is 0 Å². The predicted molar refractivity (Wildman–Crippen MR) is 93.0 cm³/mol. The minimum Gasteiger partial charge on any atom is -0.376 e. The Kier molecular flexibility index (Phi) is 7.00. The maximum Gasteiger partial charge on any atom is 0.0750 e. The van der Waals surface area contributed by atoms with Crippen LogP contribution in [0.3, 0.4) is 0 Å². The Hall–Kier alpha value is -0.580. The summed E-state index contributed by atoms with van der Waals surface area (Å²) in [5.41, 5.74) is 2.69. The summed E-state index contributed by atoms with van der Waals surface area (Å²) in [6.07, 6.45) is 3.95. The third kappa shape index (κ3) is 4.97. The molecule has 2 rings (SSSR count). The van der Waals surface area contributed by atoms with Crippen molar-refractivity contribution in [1.29, 1.82) is 0 Å². The van der Waals surface area contributed by atoms with Gasteiger partial charge in [0.25, 0.3) is 0 Å². The average molecular weight is 355 g/mol.